The summed E-state index contributed by atoms with van der Waals surface area (Å²) in [6.45, 7) is 2.99. The molecule has 1 aliphatic rings. The van der Waals surface area contributed by atoms with Gasteiger partial charge in [0.25, 0.3) is 0 Å². The van der Waals surface area contributed by atoms with Gasteiger partial charge in [-0.25, -0.2) is 0 Å². The molecular formula is C11H16N4. The van der Waals surface area contributed by atoms with Gasteiger partial charge in [0, 0.05) is 11.6 Å². The standard InChI is InChI=1S/C11H16N4/c1-2-8-6-14-11(15-8)7-3-4-9(12)10(13)5-7/h3-5,8H,2,6,12-13H2,1H3,(H,14,15)/t8-/m1/s1. The molecule has 1 aromatic carbocycles. The zero-order chi connectivity index (χ0) is 10.8. The Morgan fingerprint density at radius 3 is 2.80 bits per heavy atom. The van der Waals surface area contributed by atoms with Crippen molar-refractivity contribution in [3.8, 4) is 0 Å². The third-order valence-corrected chi connectivity index (χ3v) is 2.66. The van der Waals surface area contributed by atoms with Gasteiger partial charge in [-0.15, -0.1) is 0 Å². The van der Waals surface area contributed by atoms with Crippen molar-refractivity contribution >= 4 is 17.2 Å². The zero-order valence-corrected chi connectivity index (χ0v) is 8.83. The van der Waals surface area contributed by atoms with E-state index in [9.17, 15) is 0 Å². The molecule has 0 saturated heterocycles. The lowest BCUT2D eigenvalue weighted by Crippen LogP contribution is -2.29. The maximum absolute atomic E-state index is 5.75. The smallest absolute Gasteiger partial charge is 0.128 e. The Hall–Kier alpha value is -1.71. The molecule has 0 amide bonds. The maximum Gasteiger partial charge on any atom is 0.128 e. The molecule has 80 valence electrons. The van der Waals surface area contributed by atoms with Crippen LogP contribution in [0, 0.1) is 0 Å². The molecule has 1 aromatic rings. The Balaban J connectivity index is 2.21. The van der Waals surface area contributed by atoms with Gasteiger partial charge in [0.05, 0.1) is 17.9 Å². The average Bonchev–Trinajstić information content (AvgIpc) is 2.70. The number of rotatable bonds is 2. The molecule has 5 N–H and O–H groups in total. The van der Waals surface area contributed by atoms with Gasteiger partial charge in [0.15, 0.2) is 0 Å². The molecule has 0 aliphatic carbocycles. The van der Waals surface area contributed by atoms with E-state index in [1.807, 2.05) is 18.2 Å². The van der Waals surface area contributed by atoms with E-state index >= 15 is 0 Å². The van der Waals surface area contributed by atoms with E-state index in [0.717, 1.165) is 24.4 Å². The van der Waals surface area contributed by atoms with Gasteiger partial charge in [-0.05, 0) is 24.6 Å². The molecule has 4 heteroatoms. The van der Waals surface area contributed by atoms with E-state index < -0.39 is 0 Å². The fourth-order valence-electron chi connectivity index (χ4n) is 1.61. The minimum absolute atomic E-state index is 0.457. The van der Waals surface area contributed by atoms with Crippen LogP contribution in [0.15, 0.2) is 23.2 Å². The second kappa shape index (κ2) is 3.81. The van der Waals surface area contributed by atoms with Crippen molar-refractivity contribution in [3.05, 3.63) is 23.8 Å². The Bertz CT molecular complexity index is 398. The molecule has 4 nitrogen and oxygen atoms in total. The third kappa shape index (κ3) is 1.88. The van der Waals surface area contributed by atoms with Crippen LogP contribution in [-0.2, 0) is 0 Å². The molecule has 1 atom stereocenters. The molecule has 0 aromatic heterocycles. The lowest BCUT2D eigenvalue weighted by Gasteiger charge is -2.09. The number of benzene rings is 1. The summed E-state index contributed by atoms with van der Waals surface area (Å²) >= 11 is 0. The summed E-state index contributed by atoms with van der Waals surface area (Å²) in [7, 11) is 0. The first kappa shape index (κ1) is 9.83. The highest BCUT2D eigenvalue weighted by atomic mass is 15.1. The molecule has 0 radical (unpaired) electrons. The number of hydrogen-bond donors (Lipinski definition) is 3. The Labute approximate surface area is 89.4 Å². The minimum atomic E-state index is 0.457. The highest BCUT2D eigenvalue weighted by Crippen LogP contribution is 2.17. The highest BCUT2D eigenvalue weighted by molar-refractivity contribution is 6.01. The average molecular weight is 204 g/mol. The summed E-state index contributed by atoms with van der Waals surface area (Å²) in [5.74, 6) is 0.925. The fraction of sp³-hybridized carbons (Fsp3) is 0.364. The molecular weight excluding hydrogens is 188 g/mol. The predicted octanol–water partition coefficient (Wildman–Crippen LogP) is 0.979. The van der Waals surface area contributed by atoms with Gasteiger partial charge >= 0.3 is 0 Å². The van der Waals surface area contributed by atoms with Crippen molar-refractivity contribution in [1.82, 2.24) is 5.32 Å². The van der Waals surface area contributed by atoms with Crippen molar-refractivity contribution in [2.24, 2.45) is 4.99 Å². The summed E-state index contributed by atoms with van der Waals surface area (Å²) < 4.78 is 0. The summed E-state index contributed by atoms with van der Waals surface area (Å²) in [4.78, 5) is 4.44. The van der Waals surface area contributed by atoms with Gasteiger partial charge in [-0.1, -0.05) is 6.92 Å². The first-order chi connectivity index (χ1) is 7.20. The highest BCUT2D eigenvalue weighted by Gasteiger charge is 2.16. The van der Waals surface area contributed by atoms with E-state index in [-0.39, 0.29) is 0 Å². The van der Waals surface area contributed by atoms with Crippen LogP contribution in [-0.4, -0.2) is 18.4 Å². The monoisotopic (exact) mass is 204 g/mol. The van der Waals surface area contributed by atoms with Crippen LogP contribution in [0.25, 0.3) is 0 Å². The van der Waals surface area contributed by atoms with Crippen LogP contribution in [0.1, 0.15) is 18.9 Å². The van der Waals surface area contributed by atoms with Crippen molar-refractivity contribution in [2.75, 3.05) is 18.0 Å². The minimum Gasteiger partial charge on any atom is -0.397 e. The van der Waals surface area contributed by atoms with Crippen molar-refractivity contribution in [3.63, 3.8) is 0 Å². The van der Waals surface area contributed by atoms with Gasteiger partial charge in [0.1, 0.15) is 5.84 Å². The molecule has 2 rings (SSSR count). The quantitative estimate of drug-likeness (QED) is 0.628. The number of nitrogens with one attached hydrogen (secondary N) is 1. The number of nitrogens with zero attached hydrogens (tertiary/aromatic N) is 1. The molecule has 1 aliphatic heterocycles. The number of amidine groups is 1. The number of hydrogen-bond acceptors (Lipinski definition) is 4. The van der Waals surface area contributed by atoms with Gasteiger partial charge in [-0.3, -0.25) is 4.99 Å². The van der Waals surface area contributed by atoms with Crippen LogP contribution >= 0.6 is 0 Å². The Kier molecular flexibility index (Phi) is 2.49. The molecule has 0 unspecified atom stereocenters. The van der Waals surface area contributed by atoms with E-state index in [4.69, 9.17) is 11.5 Å². The summed E-state index contributed by atoms with van der Waals surface area (Å²) in [5.41, 5.74) is 13.6. The van der Waals surface area contributed by atoms with Crippen LogP contribution in [0.2, 0.25) is 0 Å². The number of nitrogen functional groups attached to an aromatic ring is 2. The second-order valence-electron chi connectivity index (χ2n) is 3.78. The Morgan fingerprint density at radius 1 is 1.40 bits per heavy atom. The number of anilines is 2. The zero-order valence-electron chi connectivity index (χ0n) is 8.83. The molecule has 1 heterocycles. The first-order valence-corrected chi connectivity index (χ1v) is 5.17. The van der Waals surface area contributed by atoms with Crippen LogP contribution < -0.4 is 16.8 Å². The van der Waals surface area contributed by atoms with Gasteiger partial charge in [-0.2, -0.15) is 0 Å². The maximum atomic E-state index is 5.75. The summed E-state index contributed by atoms with van der Waals surface area (Å²) in [6.07, 6.45) is 1.08. The molecule has 0 spiro atoms. The van der Waals surface area contributed by atoms with E-state index in [2.05, 4.69) is 17.2 Å². The lowest BCUT2D eigenvalue weighted by atomic mass is 10.1. The predicted molar refractivity (Wildman–Crippen MR) is 63.9 cm³/mol. The topological polar surface area (TPSA) is 76.4 Å². The Morgan fingerprint density at radius 2 is 2.20 bits per heavy atom. The van der Waals surface area contributed by atoms with Crippen molar-refractivity contribution < 1.29 is 0 Å². The molecule has 0 bridgehead atoms. The van der Waals surface area contributed by atoms with Crippen LogP contribution in [0.3, 0.4) is 0 Å². The van der Waals surface area contributed by atoms with Crippen LogP contribution in [0.4, 0.5) is 11.4 Å². The lowest BCUT2D eigenvalue weighted by molar-refractivity contribution is 0.636. The first-order valence-electron chi connectivity index (χ1n) is 5.17. The SMILES string of the molecule is CC[C@@H]1CN=C(c2ccc(N)c(N)c2)N1. The largest absolute Gasteiger partial charge is 0.397 e. The summed E-state index contributed by atoms with van der Waals surface area (Å²) in [6, 6.07) is 6.07. The van der Waals surface area contributed by atoms with E-state index in [1.165, 1.54) is 0 Å². The molecule has 15 heavy (non-hydrogen) atoms. The van der Waals surface area contributed by atoms with E-state index in [1.54, 1.807) is 0 Å². The van der Waals surface area contributed by atoms with Gasteiger partial charge < -0.3 is 16.8 Å². The van der Waals surface area contributed by atoms with Gasteiger partial charge in [0.2, 0.25) is 0 Å². The third-order valence-electron chi connectivity index (χ3n) is 2.66. The second-order valence-corrected chi connectivity index (χ2v) is 3.78. The molecule has 0 fully saturated rings. The van der Waals surface area contributed by atoms with E-state index in [0.29, 0.717) is 17.4 Å². The van der Waals surface area contributed by atoms with Crippen LogP contribution in [0.5, 0.6) is 0 Å². The normalized spacial score (nSPS) is 19.8. The molecule has 0 saturated carbocycles. The number of aliphatic imine (C=N–C) groups is 1. The fourth-order valence-corrected chi connectivity index (χ4v) is 1.61. The number of nitrogens with two attached hydrogens (primary N) is 2. The summed E-state index contributed by atoms with van der Waals surface area (Å²) in [5, 5.41) is 3.36. The van der Waals surface area contributed by atoms with Crippen molar-refractivity contribution in [2.45, 2.75) is 19.4 Å². The van der Waals surface area contributed by atoms with Crippen molar-refractivity contribution in [1.29, 1.82) is 0 Å².